The molecule has 2 aromatic rings. The highest BCUT2D eigenvalue weighted by atomic mass is 35.5. The Morgan fingerprint density at radius 3 is 2.20 bits per heavy atom. The largest absolute Gasteiger partial charge is 0.493 e. The highest BCUT2D eigenvalue weighted by molar-refractivity contribution is 8.19. The van der Waals surface area contributed by atoms with Crippen molar-refractivity contribution in [2.24, 2.45) is 0 Å². The number of hydrogen-bond donors (Lipinski definition) is 0. The van der Waals surface area contributed by atoms with Gasteiger partial charge in [0.2, 0.25) is 5.75 Å². The minimum atomic E-state index is -0.540. The lowest BCUT2D eigenvalue weighted by Crippen LogP contribution is -2.27. The van der Waals surface area contributed by atoms with Crippen molar-refractivity contribution in [2.45, 2.75) is 6.92 Å². The molecular weight excluding hydrogens is 453 g/mol. The van der Waals surface area contributed by atoms with Gasteiger partial charge >= 0.3 is 5.97 Å². The number of carbonyl (C=O) groups excluding carboxylic acids is 3. The van der Waals surface area contributed by atoms with Gasteiger partial charge in [-0.1, -0.05) is 23.2 Å². The summed E-state index contributed by atoms with van der Waals surface area (Å²) < 4.78 is 15.7. The second-order valence-corrected chi connectivity index (χ2v) is 7.77. The van der Waals surface area contributed by atoms with Crippen LogP contribution in [0, 0.1) is 0 Å². The summed E-state index contributed by atoms with van der Waals surface area (Å²) in [5.41, 5.74) is 0.829. The molecule has 156 valence electrons. The average molecular weight is 468 g/mol. The predicted octanol–water partition coefficient (Wildman–Crippen LogP) is 5.18. The van der Waals surface area contributed by atoms with E-state index < -0.39 is 17.1 Å². The van der Waals surface area contributed by atoms with Gasteiger partial charge in [-0.2, -0.15) is 0 Å². The average Bonchev–Trinajstić information content (AvgIpc) is 2.97. The van der Waals surface area contributed by atoms with Gasteiger partial charge in [-0.05, 0) is 53.7 Å². The first kappa shape index (κ1) is 22.0. The summed E-state index contributed by atoms with van der Waals surface area (Å²) in [7, 11) is 2.81. The highest BCUT2D eigenvalue weighted by Crippen LogP contribution is 2.41. The molecule has 3 rings (SSSR count). The van der Waals surface area contributed by atoms with Crippen molar-refractivity contribution in [2.75, 3.05) is 19.1 Å². The number of nitrogens with zero attached hydrogens (tertiary/aromatic N) is 1. The third-order valence-corrected chi connectivity index (χ3v) is 5.59. The van der Waals surface area contributed by atoms with Crippen LogP contribution < -0.4 is 19.1 Å². The van der Waals surface area contributed by atoms with E-state index in [9.17, 15) is 14.4 Å². The quantitative estimate of drug-likeness (QED) is 0.340. The summed E-state index contributed by atoms with van der Waals surface area (Å²) in [5, 5.41) is 0.0721. The summed E-state index contributed by atoms with van der Waals surface area (Å²) in [6, 6.07) is 7.62. The van der Waals surface area contributed by atoms with Crippen molar-refractivity contribution in [3.05, 3.63) is 50.8 Å². The lowest BCUT2D eigenvalue weighted by atomic mass is 10.1. The maximum Gasteiger partial charge on any atom is 0.308 e. The Kier molecular flexibility index (Phi) is 6.60. The molecule has 10 heteroatoms. The van der Waals surface area contributed by atoms with Crippen LogP contribution in [0.1, 0.15) is 12.5 Å². The fourth-order valence-electron chi connectivity index (χ4n) is 2.69. The second-order valence-electron chi connectivity index (χ2n) is 5.96. The van der Waals surface area contributed by atoms with Gasteiger partial charge in [0.15, 0.2) is 11.5 Å². The number of benzene rings is 2. The monoisotopic (exact) mass is 467 g/mol. The summed E-state index contributed by atoms with van der Waals surface area (Å²) in [5.74, 6) is -0.458. The van der Waals surface area contributed by atoms with Gasteiger partial charge in [0.05, 0.1) is 34.9 Å². The number of hydrogen-bond acceptors (Lipinski definition) is 7. The summed E-state index contributed by atoms with van der Waals surface area (Å²) in [4.78, 5) is 37.9. The van der Waals surface area contributed by atoms with E-state index in [-0.39, 0.29) is 27.2 Å². The van der Waals surface area contributed by atoms with Crippen LogP contribution in [-0.2, 0) is 9.59 Å². The number of methoxy groups -OCH3 is 2. The predicted molar refractivity (Wildman–Crippen MR) is 116 cm³/mol. The number of carbonyl (C=O) groups is 3. The van der Waals surface area contributed by atoms with Crippen molar-refractivity contribution in [3.8, 4) is 17.2 Å². The second kappa shape index (κ2) is 8.99. The normalized spacial score (nSPS) is 15.0. The molecule has 0 spiro atoms. The molecule has 0 N–H and O–H groups in total. The maximum absolute atomic E-state index is 12.8. The van der Waals surface area contributed by atoms with E-state index in [4.69, 9.17) is 37.4 Å². The maximum atomic E-state index is 12.8. The summed E-state index contributed by atoms with van der Waals surface area (Å²) >= 11 is 12.7. The van der Waals surface area contributed by atoms with Crippen molar-refractivity contribution in [1.29, 1.82) is 0 Å². The van der Waals surface area contributed by atoms with Gasteiger partial charge < -0.3 is 14.2 Å². The molecule has 7 nitrogen and oxygen atoms in total. The summed E-state index contributed by atoms with van der Waals surface area (Å²) in [6.45, 7) is 1.26. The molecule has 1 aliphatic rings. The topological polar surface area (TPSA) is 82.1 Å². The van der Waals surface area contributed by atoms with Crippen LogP contribution in [0.2, 0.25) is 10.0 Å². The Balaban J connectivity index is 1.99. The molecule has 0 aliphatic carbocycles. The Morgan fingerprint density at radius 1 is 1.03 bits per heavy atom. The molecule has 2 amide bonds. The number of thioether (sulfide) groups is 1. The van der Waals surface area contributed by atoms with Gasteiger partial charge in [0, 0.05) is 6.92 Å². The van der Waals surface area contributed by atoms with Gasteiger partial charge in [0.25, 0.3) is 11.1 Å². The molecule has 0 bridgehead atoms. The zero-order valence-electron chi connectivity index (χ0n) is 16.0. The van der Waals surface area contributed by atoms with Crippen LogP contribution in [0.4, 0.5) is 10.5 Å². The zero-order valence-corrected chi connectivity index (χ0v) is 18.4. The number of esters is 1. The van der Waals surface area contributed by atoms with Crippen LogP contribution in [0.5, 0.6) is 17.2 Å². The van der Waals surface area contributed by atoms with Crippen molar-refractivity contribution in [1.82, 2.24) is 0 Å². The van der Waals surface area contributed by atoms with Gasteiger partial charge in [0.1, 0.15) is 0 Å². The fraction of sp³-hybridized carbons (Fsp3) is 0.150. The van der Waals surface area contributed by atoms with E-state index in [0.717, 1.165) is 16.7 Å². The molecule has 0 aromatic heterocycles. The molecule has 1 fully saturated rings. The van der Waals surface area contributed by atoms with Crippen molar-refractivity contribution < 1.29 is 28.6 Å². The minimum Gasteiger partial charge on any atom is -0.493 e. The molecule has 1 heterocycles. The van der Waals surface area contributed by atoms with Crippen LogP contribution in [0.25, 0.3) is 6.08 Å². The van der Waals surface area contributed by atoms with E-state index in [2.05, 4.69) is 0 Å². The van der Waals surface area contributed by atoms with Crippen LogP contribution >= 0.6 is 35.0 Å². The number of amides is 2. The van der Waals surface area contributed by atoms with Crippen molar-refractivity contribution >= 4 is 63.8 Å². The first-order valence-electron chi connectivity index (χ1n) is 8.42. The van der Waals surface area contributed by atoms with E-state index in [0.29, 0.717) is 16.3 Å². The number of halogens is 2. The Morgan fingerprint density at radius 2 is 1.67 bits per heavy atom. The highest BCUT2D eigenvalue weighted by Gasteiger charge is 2.36. The Labute approximate surface area is 186 Å². The van der Waals surface area contributed by atoms with E-state index >= 15 is 0 Å². The lowest BCUT2D eigenvalue weighted by molar-refractivity contribution is -0.132. The molecule has 0 atom stereocenters. The molecule has 1 saturated heterocycles. The minimum absolute atomic E-state index is 0.119. The smallest absolute Gasteiger partial charge is 0.308 e. The molecule has 0 saturated carbocycles. The third kappa shape index (κ3) is 4.40. The first-order chi connectivity index (χ1) is 14.2. The molecule has 0 unspecified atom stereocenters. The van der Waals surface area contributed by atoms with Gasteiger partial charge in [-0.3, -0.25) is 14.4 Å². The molecule has 2 aromatic carbocycles. The third-order valence-electron chi connectivity index (χ3n) is 3.98. The molecular formula is C20H15Cl2NO6S. The summed E-state index contributed by atoms with van der Waals surface area (Å²) in [6.07, 6.45) is 1.52. The van der Waals surface area contributed by atoms with Crippen molar-refractivity contribution in [3.63, 3.8) is 0 Å². The zero-order chi connectivity index (χ0) is 22.0. The fourth-order valence-corrected chi connectivity index (χ4v) is 3.83. The van der Waals surface area contributed by atoms with E-state index in [1.807, 2.05) is 0 Å². The van der Waals surface area contributed by atoms with E-state index in [1.54, 1.807) is 12.1 Å². The molecule has 30 heavy (non-hydrogen) atoms. The van der Waals surface area contributed by atoms with Gasteiger partial charge in [-0.25, -0.2) is 4.90 Å². The van der Waals surface area contributed by atoms with E-state index in [1.165, 1.54) is 45.4 Å². The standard InChI is InChI=1S/C20H15Cl2NO6S/c1-10(24)29-18-15(27-2)6-11(7-16(18)28-3)8-17-19(25)23(20(26)30-17)12-4-5-13(21)14(22)9-12/h4-9H,1-3H3. The Hall–Kier alpha value is -2.68. The number of rotatable bonds is 5. The lowest BCUT2D eigenvalue weighted by Gasteiger charge is -2.14. The van der Waals surface area contributed by atoms with Crippen LogP contribution in [0.15, 0.2) is 35.2 Å². The number of imide groups is 1. The number of ether oxygens (including phenoxy) is 3. The first-order valence-corrected chi connectivity index (χ1v) is 9.99. The molecule has 1 aliphatic heterocycles. The van der Waals surface area contributed by atoms with Crippen LogP contribution in [0.3, 0.4) is 0 Å². The van der Waals surface area contributed by atoms with Crippen LogP contribution in [-0.4, -0.2) is 31.3 Å². The number of anilines is 1. The molecule has 0 radical (unpaired) electrons. The van der Waals surface area contributed by atoms with Gasteiger partial charge in [-0.15, -0.1) is 0 Å². The SMILES string of the molecule is COc1cc(C=C2SC(=O)N(c3ccc(Cl)c(Cl)c3)C2=O)cc(OC)c1OC(C)=O. The Bertz CT molecular complexity index is 1060.